The van der Waals surface area contributed by atoms with E-state index in [1.165, 1.54) is 6.21 Å². The molecular weight excluding hydrogens is 347 g/mol. The SMILES string of the molecule is O=[N+]([O-])c1cc(C(F)(F)F)ccc1NN=Cc1cccc2ccccc12. The number of fused-ring (bicyclic) bond motifs is 1. The number of halogens is 3. The van der Waals surface area contributed by atoms with Crippen LogP contribution in [0, 0.1) is 10.1 Å². The zero-order valence-electron chi connectivity index (χ0n) is 13.2. The summed E-state index contributed by atoms with van der Waals surface area (Å²) in [6, 6.07) is 15.4. The topological polar surface area (TPSA) is 67.5 Å². The molecule has 0 aliphatic rings. The molecule has 0 unspecified atom stereocenters. The smallest absolute Gasteiger partial charge is 0.272 e. The van der Waals surface area contributed by atoms with Crippen molar-refractivity contribution in [1.29, 1.82) is 0 Å². The van der Waals surface area contributed by atoms with Gasteiger partial charge in [0.05, 0.1) is 16.7 Å². The number of nitro benzene ring substituents is 1. The summed E-state index contributed by atoms with van der Waals surface area (Å²) in [7, 11) is 0. The molecule has 0 aromatic heterocycles. The maximum absolute atomic E-state index is 12.7. The fraction of sp³-hybridized carbons (Fsp3) is 0.0556. The lowest BCUT2D eigenvalue weighted by atomic mass is 10.1. The Labute approximate surface area is 145 Å². The van der Waals surface area contributed by atoms with Crippen LogP contribution in [-0.2, 0) is 6.18 Å². The van der Waals surface area contributed by atoms with Gasteiger partial charge in [-0.15, -0.1) is 0 Å². The summed E-state index contributed by atoms with van der Waals surface area (Å²) in [5, 5.41) is 16.9. The Hall–Kier alpha value is -3.42. The summed E-state index contributed by atoms with van der Waals surface area (Å²) < 4.78 is 38.1. The van der Waals surface area contributed by atoms with Crippen LogP contribution in [0.25, 0.3) is 10.8 Å². The molecule has 0 aliphatic carbocycles. The van der Waals surface area contributed by atoms with E-state index in [4.69, 9.17) is 0 Å². The molecule has 3 aromatic rings. The van der Waals surface area contributed by atoms with Crippen molar-refractivity contribution in [3.63, 3.8) is 0 Å². The number of hydrogen-bond acceptors (Lipinski definition) is 4. The zero-order valence-corrected chi connectivity index (χ0v) is 13.2. The van der Waals surface area contributed by atoms with Gasteiger partial charge in [-0.05, 0) is 22.9 Å². The van der Waals surface area contributed by atoms with E-state index in [-0.39, 0.29) is 5.69 Å². The number of nitrogens with one attached hydrogen (secondary N) is 1. The minimum Gasteiger partial charge on any atom is -0.272 e. The number of alkyl halides is 3. The first-order chi connectivity index (χ1) is 12.4. The molecule has 0 saturated heterocycles. The highest BCUT2D eigenvalue weighted by Crippen LogP contribution is 2.34. The Kier molecular flexibility index (Phi) is 4.57. The second-order valence-corrected chi connectivity index (χ2v) is 5.43. The van der Waals surface area contributed by atoms with Crippen LogP contribution < -0.4 is 5.43 Å². The minimum atomic E-state index is -4.66. The maximum Gasteiger partial charge on any atom is 0.416 e. The molecule has 5 nitrogen and oxygen atoms in total. The van der Waals surface area contributed by atoms with Gasteiger partial charge in [0, 0.05) is 11.6 Å². The third kappa shape index (κ3) is 3.64. The number of nitrogens with zero attached hydrogens (tertiary/aromatic N) is 2. The molecular formula is C18H12F3N3O2. The standard InChI is InChI=1S/C18H12F3N3O2/c19-18(20,21)14-8-9-16(17(10-14)24(25)26)23-22-11-13-6-3-5-12-4-1-2-7-15(12)13/h1-11,23H. The Morgan fingerprint density at radius 3 is 2.50 bits per heavy atom. The lowest BCUT2D eigenvalue weighted by molar-refractivity contribution is -0.384. The van der Waals surface area contributed by atoms with Crippen molar-refractivity contribution in [3.8, 4) is 0 Å². The van der Waals surface area contributed by atoms with E-state index < -0.39 is 22.4 Å². The average Bonchev–Trinajstić information content (AvgIpc) is 2.61. The minimum absolute atomic E-state index is 0.125. The van der Waals surface area contributed by atoms with E-state index in [0.29, 0.717) is 6.07 Å². The quantitative estimate of drug-likeness (QED) is 0.395. The van der Waals surface area contributed by atoms with Gasteiger partial charge in [-0.1, -0.05) is 42.5 Å². The molecule has 0 fully saturated rings. The number of benzene rings is 3. The molecule has 0 saturated carbocycles. The van der Waals surface area contributed by atoms with Crippen molar-refractivity contribution in [1.82, 2.24) is 0 Å². The first-order valence-electron chi connectivity index (χ1n) is 7.49. The van der Waals surface area contributed by atoms with E-state index in [1.54, 1.807) is 0 Å². The van der Waals surface area contributed by atoms with Crippen LogP contribution >= 0.6 is 0 Å². The molecule has 0 radical (unpaired) electrons. The van der Waals surface area contributed by atoms with Crippen molar-refractivity contribution >= 4 is 28.4 Å². The fourth-order valence-corrected chi connectivity index (χ4v) is 2.49. The van der Waals surface area contributed by atoms with E-state index in [2.05, 4.69) is 10.5 Å². The van der Waals surface area contributed by atoms with Gasteiger partial charge in [0.2, 0.25) is 0 Å². The molecule has 132 valence electrons. The van der Waals surface area contributed by atoms with Crippen LogP contribution in [0.5, 0.6) is 0 Å². The van der Waals surface area contributed by atoms with Gasteiger partial charge in [-0.3, -0.25) is 15.5 Å². The monoisotopic (exact) mass is 359 g/mol. The second kappa shape index (κ2) is 6.83. The van der Waals surface area contributed by atoms with E-state index >= 15 is 0 Å². The summed E-state index contributed by atoms with van der Waals surface area (Å²) in [6.45, 7) is 0. The van der Waals surface area contributed by atoms with Crippen molar-refractivity contribution in [2.45, 2.75) is 6.18 Å². The Morgan fingerprint density at radius 1 is 1.04 bits per heavy atom. The molecule has 8 heteroatoms. The number of hydrazone groups is 1. The third-order valence-electron chi connectivity index (χ3n) is 3.73. The Bertz CT molecular complexity index is 995. The first kappa shape index (κ1) is 17.4. The van der Waals surface area contributed by atoms with Crippen molar-refractivity contribution < 1.29 is 18.1 Å². The molecule has 26 heavy (non-hydrogen) atoms. The van der Waals surface area contributed by atoms with Crippen LogP contribution in [0.3, 0.4) is 0 Å². The van der Waals surface area contributed by atoms with Gasteiger partial charge in [-0.25, -0.2) is 0 Å². The lowest BCUT2D eigenvalue weighted by Crippen LogP contribution is -2.06. The van der Waals surface area contributed by atoms with E-state index in [1.807, 2.05) is 42.5 Å². The molecule has 0 spiro atoms. The highest BCUT2D eigenvalue weighted by atomic mass is 19.4. The van der Waals surface area contributed by atoms with Gasteiger partial charge >= 0.3 is 6.18 Å². The van der Waals surface area contributed by atoms with E-state index in [9.17, 15) is 23.3 Å². The van der Waals surface area contributed by atoms with Crippen LogP contribution in [0.15, 0.2) is 65.8 Å². The first-order valence-corrected chi connectivity index (χ1v) is 7.49. The van der Waals surface area contributed by atoms with Crippen LogP contribution in [0.2, 0.25) is 0 Å². The van der Waals surface area contributed by atoms with Crippen LogP contribution in [-0.4, -0.2) is 11.1 Å². The zero-order chi connectivity index (χ0) is 18.7. The summed E-state index contributed by atoms with van der Waals surface area (Å²) in [4.78, 5) is 10.2. The normalized spacial score (nSPS) is 11.8. The van der Waals surface area contributed by atoms with Gasteiger partial charge in [0.1, 0.15) is 5.69 Å². The largest absolute Gasteiger partial charge is 0.416 e. The van der Waals surface area contributed by atoms with Gasteiger partial charge in [-0.2, -0.15) is 18.3 Å². The Morgan fingerprint density at radius 2 is 1.77 bits per heavy atom. The van der Waals surface area contributed by atoms with E-state index in [0.717, 1.165) is 28.5 Å². The number of hydrogen-bond donors (Lipinski definition) is 1. The molecule has 3 rings (SSSR count). The second-order valence-electron chi connectivity index (χ2n) is 5.43. The predicted molar refractivity (Wildman–Crippen MR) is 93.3 cm³/mol. The van der Waals surface area contributed by atoms with Crippen LogP contribution in [0.1, 0.15) is 11.1 Å². The number of anilines is 1. The molecule has 1 N–H and O–H groups in total. The summed E-state index contributed by atoms with van der Waals surface area (Å²) in [6.07, 6.45) is -3.20. The molecule has 0 amide bonds. The molecule has 0 bridgehead atoms. The van der Waals surface area contributed by atoms with Gasteiger partial charge < -0.3 is 0 Å². The summed E-state index contributed by atoms with van der Waals surface area (Å²) >= 11 is 0. The molecule has 0 heterocycles. The van der Waals surface area contributed by atoms with Crippen molar-refractivity contribution in [3.05, 3.63) is 81.9 Å². The number of nitro groups is 1. The highest BCUT2D eigenvalue weighted by molar-refractivity contribution is 5.99. The maximum atomic E-state index is 12.7. The molecule has 0 atom stereocenters. The lowest BCUT2D eigenvalue weighted by Gasteiger charge is -2.08. The summed E-state index contributed by atoms with van der Waals surface area (Å²) in [5.41, 5.74) is 1.30. The molecule has 3 aromatic carbocycles. The van der Waals surface area contributed by atoms with Crippen molar-refractivity contribution in [2.24, 2.45) is 5.10 Å². The average molecular weight is 359 g/mol. The summed E-state index contributed by atoms with van der Waals surface area (Å²) in [5.74, 6) is 0. The van der Waals surface area contributed by atoms with Crippen molar-refractivity contribution in [2.75, 3.05) is 5.43 Å². The predicted octanol–water partition coefficient (Wildman–Crippen LogP) is 5.21. The van der Waals surface area contributed by atoms with Gasteiger partial charge in [0.15, 0.2) is 0 Å². The highest BCUT2D eigenvalue weighted by Gasteiger charge is 2.33. The van der Waals surface area contributed by atoms with Crippen LogP contribution in [0.4, 0.5) is 24.5 Å². The Balaban J connectivity index is 1.89. The fourth-order valence-electron chi connectivity index (χ4n) is 2.49. The third-order valence-corrected chi connectivity index (χ3v) is 3.73. The van der Waals surface area contributed by atoms with Gasteiger partial charge in [0.25, 0.3) is 5.69 Å². The molecule has 0 aliphatic heterocycles. The number of rotatable bonds is 4.